The molecule has 0 bridgehead atoms. The molecule has 0 aromatic rings. The van der Waals surface area contributed by atoms with E-state index in [1.807, 2.05) is 0 Å². The lowest BCUT2D eigenvalue weighted by atomic mass is 9.82. The smallest absolute Gasteiger partial charge is 0.0107 e. The van der Waals surface area contributed by atoms with E-state index in [0.29, 0.717) is 5.41 Å². The SMILES string of the molecule is CCC1(CC)CCN(CCNCC(C)C)C1. The van der Waals surface area contributed by atoms with Gasteiger partial charge in [0.25, 0.3) is 0 Å². The molecule has 0 radical (unpaired) electrons. The maximum absolute atomic E-state index is 3.53. The Morgan fingerprint density at radius 3 is 2.44 bits per heavy atom. The first-order valence-electron chi connectivity index (χ1n) is 7.05. The van der Waals surface area contributed by atoms with Crippen molar-refractivity contribution in [1.29, 1.82) is 0 Å². The highest BCUT2D eigenvalue weighted by Crippen LogP contribution is 2.36. The molecule has 96 valence electrons. The van der Waals surface area contributed by atoms with Gasteiger partial charge < -0.3 is 10.2 Å². The van der Waals surface area contributed by atoms with E-state index in [0.717, 1.165) is 19.0 Å². The van der Waals surface area contributed by atoms with Crippen molar-refractivity contribution in [2.45, 2.75) is 47.0 Å². The zero-order chi connectivity index (χ0) is 12.0. The summed E-state index contributed by atoms with van der Waals surface area (Å²) in [6.45, 7) is 15.4. The fraction of sp³-hybridized carbons (Fsp3) is 1.00. The first-order valence-corrected chi connectivity index (χ1v) is 7.05. The van der Waals surface area contributed by atoms with Crippen LogP contribution in [-0.4, -0.2) is 37.6 Å². The van der Waals surface area contributed by atoms with Crippen LogP contribution in [0.1, 0.15) is 47.0 Å². The molecule has 2 nitrogen and oxygen atoms in total. The molecule has 0 atom stereocenters. The molecule has 0 amide bonds. The molecule has 0 saturated carbocycles. The summed E-state index contributed by atoms with van der Waals surface area (Å²) in [6, 6.07) is 0. The van der Waals surface area contributed by atoms with Crippen molar-refractivity contribution >= 4 is 0 Å². The normalized spacial score (nSPS) is 20.8. The molecular formula is C14H30N2. The van der Waals surface area contributed by atoms with Crippen molar-refractivity contribution in [2.75, 3.05) is 32.7 Å². The van der Waals surface area contributed by atoms with Gasteiger partial charge in [0, 0.05) is 19.6 Å². The Morgan fingerprint density at radius 2 is 1.94 bits per heavy atom. The number of hydrogen-bond donors (Lipinski definition) is 1. The number of rotatable bonds is 7. The molecule has 1 heterocycles. The van der Waals surface area contributed by atoms with E-state index in [1.54, 1.807) is 0 Å². The Morgan fingerprint density at radius 1 is 1.25 bits per heavy atom. The van der Waals surface area contributed by atoms with E-state index in [9.17, 15) is 0 Å². The van der Waals surface area contributed by atoms with E-state index >= 15 is 0 Å². The van der Waals surface area contributed by atoms with Crippen molar-refractivity contribution in [2.24, 2.45) is 11.3 Å². The molecule has 0 aliphatic carbocycles. The second-order valence-corrected chi connectivity index (χ2v) is 5.83. The Bertz CT molecular complexity index is 185. The molecule has 1 aliphatic heterocycles. The van der Waals surface area contributed by atoms with Crippen molar-refractivity contribution in [1.82, 2.24) is 10.2 Å². The van der Waals surface area contributed by atoms with Gasteiger partial charge in [-0.3, -0.25) is 0 Å². The second-order valence-electron chi connectivity index (χ2n) is 5.83. The molecule has 1 N–H and O–H groups in total. The minimum atomic E-state index is 0.637. The third kappa shape index (κ3) is 4.06. The number of likely N-dealkylation sites (tertiary alicyclic amines) is 1. The largest absolute Gasteiger partial charge is 0.315 e. The topological polar surface area (TPSA) is 15.3 Å². The maximum atomic E-state index is 3.53. The molecule has 0 spiro atoms. The molecule has 1 saturated heterocycles. The number of nitrogens with zero attached hydrogens (tertiary/aromatic N) is 1. The summed E-state index contributed by atoms with van der Waals surface area (Å²) >= 11 is 0. The lowest BCUT2D eigenvalue weighted by Crippen LogP contribution is -2.33. The lowest BCUT2D eigenvalue weighted by molar-refractivity contribution is 0.240. The highest BCUT2D eigenvalue weighted by Gasteiger charge is 2.34. The summed E-state index contributed by atoms with van der Waals surface area (Å²) in [7, 11) is 0. The summed E-state index contributed by atoms with van der Waals surface area (Å²) in [6.07, 6.45) is 4.10. The summed E-state index contributed by atoms with van der Waals surface area (Å²) in [5.41, 5.74) is 0.637. The average Bonchev–Trinajstić information content (AvgIpc) is 2.69. The Balaban J connectivity index is 2.16. The fourth-order valence-corrected chi connectivity index (χ4v) is 2.67. The summed E-state index contributed by atoms with van der Waals surface area (Å²) < 4.78 is 0. The predicted molar refractivity (Wildman–Crippen MR) is 71.8 cm³/mol. The monoisotopic (exact) mass is 226 g/mol. The molecule has 1 fully saturated rings. The van der Waals surface area contributed by atoms with E-state index in [4.69, 9.17) is 0 Å². The van der Waals surface area contributed by atoms with Crippen LogP contribution in [0.15, 0.2) is 0 Å². The summed E-state index contributed by atoms with van der Waals surface area (Å²) in [5, 5.41) is 3.53. The van der Waals surface area contributed by atoms with Gasteiger partial charge in [-0.25, -0.2) is 0 Å². The second kappa shape index (κ2) is 6.61. The van der Waals surface area contributed by atoms with Gasteiger partial charge in [-0.2, -0.15) is 0 Å². The zero-order valence-electron chi connectivity index (χ0n) is 11.7. The van der Waals surface area contributed by atoms with Gasteiger partial charge in [-0.15, -0.1) is 0 Å². The van der Waals surface area contributed by atoms with Crippen molar-refractivity contribution < 1.29 is 0 Å². The summed E-state index contributed by atoms with van der Waals surface area (Å²) in [4.78, 5) is 2.64. The van der Waals surface area contributed by atoms with Crippen LogP contribution in [0.5, 0.6) is 0 Å². The Labute approximate surface area is 102 Å². The Hall–Kier alpha value is -0.0800. The standard InChI is InChI=1S/C14H30N2/c1-5-14(6-2)7-9-16(12-14)10-8-15-11-13(3)4/h13,15H,5-12H2,1-4H3. The molecule has 2 heteroatoms. The molecule has 1 aliphatic rings. The van der Waals surface area contributed by atoms with Crippen LogP contribution >= 0.6 is 0 Å². The molecule has 16 heavy (non-hydrogen) atoms. The molecule has 0 aromatic carbocycles. The van der Waals surface area contributed by atoms with Gasteiger partial charge in [-0.05, 0) is 43.7 Å². The highest BCUT2D eigenvalue weighted by molar-refractivity contribution is 4.87. The average molecular weight is 226 g/mol. The zero-order valence-corrected chi connectivity index (χ0v) is 11.7. The van der Waals surface area contributed by atoms with E-state index in [2.05, 4.69) is 37.9 Å². The van der Waals surface area contributed by atoms with Crippen LogP contribution in [0, 0.1) is 11.3 Å². The van der Waals surface area contributed by atoms with Gasteiger partial charge in [0.05, 0.1) is 0 Å². The lowest BCUT2D eigenvalue weighted by Gasteiger charge is -2.26. The minimum Gasteiger partial charge on any atom is -0.315 e. The number of hydrogen-bond acceptors (Lipinski definition) is 2. The fourth-order valence-electron chi connectivity index (χ4n) is 2.67. The third-order valence-corrected chi connectivity index (χ3v) is 4.17. The van der Waals surface area contributed by atoms with E-state index < -0.39 is 0 Å². The summed E-state index contributed by atoms with van der Waals surface area (Å²) in [5.74, 6) is 0.768. The highest BCUT2D eigenvalue weighted by atomic mass is 15.2. The quantitative estimate of drug-likeness (QED) is 0.672. The van der Waals surface area contributed by atoms with Crippen molar-refractivity contribution in [3.8, 4) is 0 Å². The van der Waals surface area contributed by atoms with Gasteiger partial charge in [0.1, 0.15) is 0 Å². The van der Waals surface area contributed by atoms with Crippen LogP contribution in [0.3, 0.4) is 0 Å². The molecule has 0 aromatic heterocycles. The first-order chi connectivity index (χ1) is 7.62. The third-order valence-electron chi connectivity index (χ3n) is 4.17. The van der Waals surface area contributed by atoms with Crippen LogP contribution in [-0.2, 0) is 0 Å². The van der Waals surface area contributed by atoms with Gasteiger partial charge in [-0.1, -0.05) is 27.7 Å². The molecule has 0 unspecified atom stereocenters. The van der Waals surface area contributed by atoms with Crippen molar-refractivity contribution in [3.05, 3.63) is 0 Å². The number of nitrogens with one attached hydrogen (secondary N) is 1. The van der Waals surface area contributed by atoms with Crippen molar-refractivity contribution in [3.63, 3.8) is 0 Å². The predicted octanol–water partition coefficient (Wildman–Crippen LogP) is 2.74. The van der Waals surface area contributed by atoms with Gasteiger partial charge >= 0.3 is 0 Å². The van der Waals surface area contributed by atoms with E-state index in [-0.39, 0.29) is 0 Å². The van der Waals surface area contributed by atoms with Crippen LogP contribution in [0.2, 0.25) is 0 Å². The molecule has 1 rings (SSSR count). The Kier molecular flexibility index (Phi) is 5.77. The maximum Gasteiger partial charge on any atom is 0.0107 e. The van der Waals surface area contributed by atoms with E-state index in [1.165, 1.54) is 38.9 Å². The van der Waals surface area contributed by atoms with Gasteiger partial charge in [0.15, 0.2) is 0 Å². The van der Waals surface area contributed by atoms with Gasteiger partial charge in [0.2, 0.25) is 0 Å². The first kappa shape index (κ1) is 14.0. The minimum absolute atomic E-state index is 0.637. The van der Waals surface area contributed by atoms with Crippen LogP contribution in [0.4, 0.5) is 0 Å². The molecular weight excluding hydrogens is 196 g/mol. The van der Waals surface area contributed by atoms with Crippen LogP contribution in [0.25, 0.3) is 0 Å². The van der Waals surface area contributed by atoms with Crippen LogP contribution < -0.4 is 5.32 Å².